The lowest BCUT2D eigenvalue weighted by atomic mass is 10.1. The third-order valence-electron chi connectivity index (χ3n) is 4.92. The molecule has 0 bridgehead atoms. The number of ether oxygens (including phenoxy) is 2. The standard InChI is InChI=1S/C22H24N4O3/c1-3-28-18-6-4-5-16(11-18)12-23-22(27)21-19-14-29-20(13-26(19)25-24-21)17-9-7-15(2)8-10-17/h4-11,20H,3,12-14H2,1-2H3,(H,23,27)/t20-/m1/s1. The van der Waals surface area contributed by atoms with Crippen molar-refractivity contribution in [1.82, 2.24) is 20.3 Å². The smallest absolute Gasteiger partial charge is 0.274 e. The number of nitrogens with zero attached hydrogens (tertiary/aromatic N) is 3. The summed E-state index contributed by atoms with van der Waals surface area (Å²) in [5.41, 5.74) is 4.27. The molecule has 7 heteroatoms. The van der Waals surface area contributed by atoms with E-state index >= 15 is 0 Å². The third-order valence-corrected chi connectivity index (χ3v) is 4.92. The molecule has 29 heavy (non-hydrogen) atoms. The molecule has 1 atom stereocenters. The van der Waals surface area contributed by atoms with Gasteiger partial charge in [-0.3, -0.25) is 4.79 Å². The molecule has 150 valence electrons. The predicted octanol–water partition coefficient (Wildman–Crippen LogP) is 3.19. The summed E-state index contributed by atoms with van der Waals surface area (Å²) in [6, 6.07) is 15.9. The van der Waals surface area contributed by atoms with Crippen LogP contribution in [0.1, 0.15) is 45.9 Å². The van der Waals surface area contributed by atoms with E-state index in [-0.39, 0.29) is 12.0 Å². The fourth-order valence-electron chi connectivity index (χ4n) is 3.35. The van der Waals surface area contributed by atoms with E-state index < -0.39 is 0 Å². The van der Waals surface area contributed by atoms with Gasteiger partial charge in [-0.1, -0.05) is 47.2 Å². The predicted molar refractivity (Wildman–Crippen MR) is 108 cm³/mol. The maximum atomic E-state index is 12.6. The molecular weight excluding hydrogens is 368 g/mol. The van der Waals surface area contributed by atoms with Crippen LogP contribution in [0.2, 0.25) is 0 Å². The van der Waals surface area contributed by atoms with Crippen LogP contribution in [0.5, 0.6) is 5.75 Å². The summed E-state index contributed by atoms with van der Waals surface area (Å²) in [5.74, 6) is 0.529. The molecule has 2 aromatic carbocycles. The summed E-state index contributed by atoms with van der Waals surface area (Å²) >= 11 is 0. The first-order valence-electron chi connectivity index (χ1n) is 9.74. The molecule has 4 rings (SSSR count). The largest absolute Gasteiger partial charge is 0.494 e. The molecule has 0 unspecified atom stereocenters. The van der Waals surface area contributed by atoms with Crippen LogP contribution in [0.25, 0.3) is 0 Å². The SMILES string of the molecule is CCOc1cccc(CNC(=O)c2nnn3c2CO[C@@H](c2ccc(C)cc2)C3)c1. The zero-order valence-corrected chi connectivity index (χ0v) is 16.6. The van der Waals surface area contributed by atoms with Gasteiger partial charge in [-0.15, -0.1) is 5.10 Å². The first kappa shape index (κ1) is 19.1. The highest BCUT2D eigenvalue weighted by atomic mass is 16.5. The molecule has 0 aliphatic carbocycles. The number of carbonyl (C=O) groups is 1. The Labute approximate surface area is 169 Å². The van der Waals surface area contributed by atoms with E-state index in [1.165, 1.54) is 5.56 Å². The monoisotopic (exact) mass is 392 g/mol. The van der Waals surface area contributed by atoms with Crippen LogP contribution >= 0.6 is 0 Å². The summed E-state index contributed by atoms with van der Waals surface area (Å²) in [4.78, 5) is 12.6. The van der Waals surface area contributed by atoms with Crippen molar-refractivity contribution in [3.05, 3.63) is 76.6 Å². The van der Waals surface area contributed by atoms with Gasteiger partial charge in [-0.05, 0) is 37.1 Å². The highest BCUT2D eigenvalue weighted by Gasteiger charge is 2.27. The van der Waals surface area contributed by atoms with E-state index in [0.29, 0.717) is 37.7 Å². The Hall–Kier alpha value is -3.19. The zero-order valence-electron chi connectivity index (χ0n) is 16.6. The van der Waals surface area contributed by atoms with Gasteiger partial charge in [0.05, 0.1) is 25.5 Å². The average molecular weight is 392 g/mol. The van der Waals surface area contributed by atoms with E-state index in [4.69, 9.17) is 9.47 Å². The molecule has 1 aromatic heterocycles. The van der Waals surface area contributed by atoms with Crippen LogP contribution in [-0.2, 0) is 24.4 Å². The van der Waals surface area contributed by atoms with Gasteiger partial charge in [0.15, 0.2) is 5.69 Å². The normalized spacial score (nSPS) is 15.6. The fourth-order valence-corrected chi connectivity index (χ4v) is 3.35. The van der Waals surface area contributed by atoms with E-state index in [2.05, 4.69) is 46.8 Å². The molecule has 0 saturated carbocycles. The number of benzene rings is 2. The van der Waals surface area contributed by atoms with Crippen molar-refractivity contribution < 1.29 is 14.3 Å². The molecule has 1 aliphatic heterocycles. The Kier molecular flexibility index (Phi) is 5.57. The number of hydrogen-bond acceptors (Lipinski definition) is 5. The Morgan fingerprint density at radius 1 is 1.28 bits per heavy atom. The van der Waals surface area contributed by atoms with Crippen molar-refractivity contribution in [2.45, 2.75) is 39.6 Å². The summed E-state index contributed by atoms with van der Waals surface area (Å²) in [6.07, 6.45) is -0.0954. The van der Waals surface area contributed by atoms with Crippen LogP contribution in [0.3, 0.4) is 0 Å². The van der Waals surface area contributed by atoms with Crippen molar-refractivity contribution in [3.8, 4) is 5.75 Å². The highest BCUT2D eigenvalue weighted by Crippen LogP contribution is 2.27. The first-order chi connectivity index (χ1) is 14.1. The molecule has 3 aromatic rings. The number of fused-ring (bicyclic) bond motifs is 1. The van der Waals surface area contributed by atoms with Gasteiger partial charge >= 0.3 is 0 Å². The second kappa shape index (κ2) is 8.45. The molecule has 7 nitrogen and oxygen atoms in total. The van der Waals surface area contributed by atoms with Gasteiger partial charge in [0.1, 0.15) is 11.9 Å². The van der Waals surface area contributed by atoms with Crippen LogP contribution < -0.4 is 10.1 Å². The number of nitrogens with one attached hydrogen (secondary N) is 1. The maximum absolute atomic E-state index is 12.6. The molecular formula is C22H24N4O3. The Morgan fingerprint density at radius 2 is 2.10 bits per heavy atom. The minimum Gasteiger partial charge on any atom is -0.494 e. The van der Waals surface area contributed by atoms with Gasteiger partial charge in [0.25, 0.3) is 5.91 Å². The van der Waals surface area contributed by atoms with Crippen molar-refractivity contribution >= 4 is 5.91 Å². The second-order valence-electron chi connectivity index (χ2n) is 7.04. The number of aryl methyl sites for hydroxylation is 1. The van der Waals surface area contributed by atoms with Gasteiger partial charge < -0.3 is 14.8 Å². The van der Waals surface area contributed by atoms with Crippen LogP contribution in [0.4, 0.5) is 0 Å². The molecule has 0 fully saturated rings. The van der Waals surface area contributed by atoms with Gasteiger partial charge in [0, 0.05) is 6.54 Å². The summed E-state index contributed by atoms with van der Waals surface area (Å²) < 4.78 is 13.2. The minimum absolute atomic E-state index is 0.0954. The highest BCUT2D eigenvalue weighted by molar-refractivity contribution is 5.93. The lowest BCUT2D eigenvalue weighted by molar-refractivity contribution is -0.00177. The number of hydrogen-bond donors (Lipinski definition) is 1. The number of amides is 1. The minimum atomic E-state index is -0.259. The van der Waals surface area contributed by atoms with Crippen molar-refractivity contribution in [1.29, 1.82) is 0 Å². The Bertz CT molecular complexity index is 998. The zero-order chi connectivity index (χ0) is 20.2. The summed E-state index contributed by atoms with van der Waals surface area (Å²) in [6.45, 7) is 5.82. The Balaban J connectivity index is 1.41. The number of aromatic nitrogens is 3. The topological polar surface area (TPSA) is 78.3 Å². The maximum Gasteiger partial charge on any atom is 0.274 e. The third kappa shape index (κ3) is 4.30. The van der Waals surface area contributed by atoms with Crippen LogP contribution in [0, 0.1) is 6.92 Å². The Morgan fingerprint density at radius 3 is 2.90 bits per heavy atom. The van der Waals surface area contributed by atoms with Crippen LogP contribution in [0.15, 0.2) is 48.5 Å². The van der Waals surface area contributed by atoms with E-state index in [1.807, 2.05) is 31.2 Å². The molecule has 1 amide bonds. The first-order valence-corrected chi connectivity index (χ1v) is 9.74. The van der Waals surface area contributed by atoms with E-state index in [9.17, 15) is 4.79 Å². The second-order valence-corrected chi connectivity index (χ2v) is 7.04. The van der Waals surface area contributed by atoms with Crippen molar-refractivity contribution in [3.63, 3.8) is 0 Å². The number of rotatable bonds is 6. The average Bonchev–Trinajstić information content (AvgIpc) is 3.16. The lowest BCUT2D eigenvalue weighted by Crippen LogP contribution is -2.27. The van der Waals surface area contributed by atoms with E-state index in [0.717, 1.165) is 16.9 Å². The molecule has 2 heterocycles. The van der Waals surface area contributed by atoms with Gasteiger partial charge in [-0.25, -0.2) is 4.68 Å². The summed E-state index contributed by atoms with van der Waals surface area (Å²) in [5, 5.41) is 11.2. The summed E-state index contributed by atoms with van der Waals surface area (Å²) in [7, 11) is 0. The lowest BCUT2D eigenvalue weighted by Gasteiger charge is -2.24. The number of carbonyl (C=O) groups excluding carboxylic acids is 1. The molecule has 0 radical (unpaired) electrons. The molecule has 1 aliphatic rings. The van der Waals surface area contributed by atoms with E-state index in [1.54, 1.807) is 4.68 Å². The van der Waals surface area contributed by atoms with Crippen molar-refractivity contribution in [2.24, 2.45) is 0 Å². The van der Waals surface area contributed by atoms with Gasteiger partial charge in [0.2, 0.25) is 0 Å². The molecule has 0 spiro atoms. The van der Waals surface area contributed by atoms with Gasteiger partial charge in [-0.2, -0.15) is 0 Å². The van der Waals surface area contributed by atoms with Crippen molar-refractivity contribution in [2.75, 3.05) is 6.61 Å². The van der Waals surface area contributed by atoms with Crippen LogP contribution in [-0.4, -0.2) is 27.5 Å². The fraction of sp³-hybridized carbons (Fsp3) is 0.318. The molecule has 0 saturated heterocycles. The molecule has 1 N–H and O–H groups in total. The quantitative estimate of drug-likeness (QED) is 0.697.